The zero-order valence-electron chi connectivity index (χ0n) is 14.2. The first kappa shape index (κ1) is 17.2. The lowest BCUT2D eigenvalue weighted by Gasteiger charge is -2.17. The van der Waals surface area contributed by atoms with Crippen molar-refractivity contribution in [3.05, 3.63) is 74.7 Å². The SMILES string of the molecule is Cc1c(-c2ccc(Cl)cc2)ccn2c(=O)c(C(=O)O)cc(C(C)C)c12. The van der Waals surface area contributed by atoms with Gasteiger partial charge in [0.1, 0.15) is 5.56 Å². The Bertz CT molecular complexity index is 1030. The van der Waals surface area contributed by atoms with Gasteiger partial charge in [-0.3, -0.25) is 9.20 Å². The summed E-state index contributed by atoms with van der Waals surface area (Å²) in [5, 5.41) is 9.99. The summed E-state index contributed by atoms with van der Waals surface area (Å²) in [6.07, 6.45) is 1.65. The minimum Gasteiger partial charge on any atom is -0.477 e. The zero-order valence-corrected chi connectivity index (χ0v) is 15.0. The predicted octanol–water partition coefficient (Wildman–Crippen LogP) is 4.75. The molecule has 0 radical (unpaired) electrons. The third-order valence-corrected chi connectivity index (χ3v) is 4.67. The second-order valence-corrected chi connectivity index (χ2v) is 6.79. The third kappa shape index (κ3) is 2.94. The summed E-state index contributed by atoms with van der Waals surface area (Å²) in [6.45, 7) is 5.92. The fourth-order valence-corrected chi connectivity index (χ4v) is 3.26. The summed E-state index contributed by atoms with van der Waals surface area (Å²) in [7, 11) is 0. The van der Waals surface area contributed by atoms with Gasteiger partial charge in [-0.2, -0.15) is 0 Å². The van der Waals surface area contributed by atoms with Crippen LogP contribution in [0, 0.1) is 6.92 Å². The lowest BCUT2D eigenvalue weighted by atomic mass is 9.94. The Hall–Kier alpha value is -2.59. The Morgan fingerprint density at radius 2 is 1.80 bits per heavy atom. The maximum absolute atomic E-state index is 12.6. The summed E-state index contributed by atoms with van der Waals surface area (Å²) in [4.78, 5) is 24.0. The smallest absolute Gasteiger partial charge is 0.341 e. The highest BCUT2D eigenvalue weighted by Crippen LogP contribution is 2.31. The van der Waals surface area contributed by atoms with Gasteiger partial charge in [-0.25, -0.2) is 4.79 Å². The number of halogens is 1. The van der Waals surface area contributed by atoms with E-state index >= 15 is 0 Å². The summed E-state index contributed by atoms with van der Waals surface area (Å²) >= 11 is 5.97. The van der Waals surface area contributed by atoms with Crippen molar-refractivity contribution < 1.29 is 9.90 Å². The van der Waals surface area contributed by atoms with E-state index < -0.39 is 11.5 Å². The molecule has 0 bridgehead atoms. The van der Waals surface area contributed by atoms with Gasteiger partial charge in [-0.15, -0.1) is 0 Å². The summed E-state index contributed by atoms with van der Waals surface area (Å²) in [5.41, 5.74) is 3.79. The lowest BCUT2D eigenvalue weighted by molar-refractivity contribution is 0.0694. The number of fused-ring (bicyclic) bond motifs is 1. The van der Waals surface area contributed by atoms with Gasteiger partial charge < -0.3 is 5.11 Å². The maximum atomic E-state index is 12.6. The second-order valence-electron chi connectivity index (χ2n) is 6.36. The molecule has 0 amide bonds. The predicted molar refractivity (Wildman–Crippen MR) is 99.9 cm³/mol. The van der Waals surface area contributed by atoms with Crippen molar-refractivity contribution in [1.82, 2.24) is 4.40 Å². The quantitative estimate of drug-likeness (QED) is 0.737. The number of carboxylic acids is 1. The largest absolute Gasteiger partial charge is 0.477 e. The van der Waals surface area contributed by atoms with Crippen molar-refractivity contribution in [3.63, 3.8) is 0 Å². The van der Waals surface area contributed by atoms with Gasteiger partial charge in [-0.05, 0) is 59.4 Å². The van der Waals surface area contributed by atoms with Crippen LogP contribution < -0.4 is 5.56 Å². The molecule has 0 aliphatic heterocycles. The number of hydrogen-bond acceptors (Lipinski definition) is 2. The molecule has 0 aliphatic carbocycles. The number of benzene rings is 1. The molecule has 0 saturated heterocycles. The van der Waals surface area contributed by atoms with Gasteiger partial charge in [-0.1, -0.05) is 37.6 Å². The monoisotopic (exact) mass is 355 g/mol. The molecule has 0 aliphatic rings. The van der Waals surface area contributed by atoms with Gasteiger partial charge in [0.25, 0.3) is 5.56 Å². The number of rotatable bonds is 3. The fraction of sp³-hybridized carbons (Fsp3) is 0.200. The highest BCUT2D eigenvalue weighted by molar-refractivity contribution is 6.30. The molecule has 2 heterocycles. The molecule has 1 aromatic carbocycles. The molecule has 3 aromatic rings. The molecule has 3 rings (SSSR count). The summed E-state index contributed by atoms with van der Waals surface area (Å²) < 4.78 is 1.44. The molecule has 2 aromatic heterocycles. The Labute approximate surface area is 150 Å². The van der Waals surface area contributed by atoms with Crippen LogP contribution in [-0.4, -0.2) is 15.5 Å². The highest BCUT2D eigenvalue weighted by atomic mass is 35.5. The number of aromatic carboxylic acids is 1. The lowest BCUT2D eigenvalue weighted by Crippen LogP contribution is -2.24. The molecule has 4 nitrogen and oxygen atoms in total. The van der Waals surface area contributed by atoms with E-state index in [2.05, 4.69) is 0 Å². The first-order chi connectivity index (χ1) is 11.8. The third-order valence-electron chi connectivity index (χ3n) is 4.42. The van der Waals surface area contributed by atoms with Crippen LogP contribution >= 0.6 is 11.6 Å². The zero-order chi connectivity index (χ0) is 18.3. The van der Waals surface area contributed by atoms with Crippen LogP contribution in [0.2, 0.25) is 5.02 Å². The molecule has 0 atom stereocenters. The molecule has 128 valence electrons. The molecular formula is C20H18ClNO3. The summed E-state index contributed by atoms with van der Waals surface area (Å²) in [5.74, 6) is -1.13. The van der Waals surface area contributed by atoms with E-state index in [9.17, 15) is 14.7 Å². The van der Waals surface area contributed by atoms with Crippen molar-refractivity contribution in [2.45, 2.75) is 26.7 Å². The van der Waals surface area contributed by atoms with Crippen LogP contribution in [0.5, 0.6) is 0 Å². The molecule has 0 saturated carbocycles. The van der Waals surface area contributed by atoms with E-state index in [4.69, 9.17) is 11.6 Å². The van der Waals surface area contributed by atoms with Crippen LogP contribution in [0.3, 0.4) is 0 Å². The fourth-order valence-electron chi connectivity index (χ4n) is 3.13. The first-order valence-corrected chi connectivity index (χ1v) is 8.37. The first-order valence-electron chi connectivity index (χ1n) is 7.99. The number of aryl methyl sites for hydroxylation is 1. The summed E-state index contributed by atoms with van der Waals surface area (Å²) in [6, 6.07) is 10.8. The molecule has 0 fully saturated rings. The highest BCUT2D eigenvalue weighted by Gasteiger charge is 2.19. The number of carboxylic acid groups (broad SMARTS) is 1. The standard InChI is InChI=1S/C20H18ClNO3/c1-11(2)16-10-17(20(24)25)19(23)22-9-8-15(12(3)18(16)22)13-4-6-14(21)7-5-13/h4-11H,1-3H3,(H,24,25). The molecule has 25 heavy (non-hydrogen) atoms. The van der Waals surface area contributed by atoms with Crippen LogP contribution in [0.1, 0.15) is 41.3 Å². The van der Waals surface area contributed by atoms with Gasteiger partial charge in [0.15, 0.2) is 0 Å². The average Bonchev–Trinajstić information content (AvgIpc) is 2.56. The van der Waals surface area contributed by atoms with E-state index in [-0.39, 0.29) is 11.5 Å². The van der Waals surface area contributed by atoms with Crippen LogP contribution in [0.25, 0.3) is 16.6 Å². The normalized spacial score (nSPS) is 11.2. The van der Waals surface area contributed by atoms with E-state index in [0.717, 1.165) is 27.8 Å². The van der Waals surface area contributed by atoms with Crippen molar-refractivity contribution in [3.8, 4) is 11.1 Å². The number of aromatic nitrogens is 1. The minimum absolute atomic E-state index is 0.0767. The minimum atomic E-state index is -1.21. The van der Waals surface area contributed by atoms with Gasteiger partial charge in [0.05, 0.1) is 5.52 Å². The number of pyridine rings is 2. The Morgan fingerprint density at radius 1 is 1.16 bits per heavy atom. The second kappa shape index (κ2) is 6.37. The number of hydrogen-bond donors (Lipinski definition) is 1. The molecular weight excluding hydrogens is 338 g/mol. The Kier molecular flexibility index (Phi) is 4.39. The van der Waals surface area contributed by atoms with E-state index in [1.807, 2.05) is 51.1 Å². The maximum Gasteiger partial charge on any atom is 0.341 e. The van der Waals surface area contributed by atoms with Crippen molar-refractivity contribution in [1.29, 1.82) is 0 Å². The van der Waals surface area contributed by atoms with Gasteiger partial charge in [0.2, 0.25) is 0 Å². The topological polar surface area (TPSA) is 58.8 Å². The van der Waals surface area contributed by atoms with Crippen LogP contribution in [-0.2, 0) is 0 Å². The van der Waals surface area contributed by atoms with Crippen molar-refractivity contribution in [2.24, 2.45) is 0 Å². The van der Waals surface area contributed by atoms with E-state index in [1.165, 1.54) is 10.5 Å². The average molecular weight is 356 g/mol. The molecule has 0 unspecified atom stereocenters. The Balaban J connectivity index is 2.40. The van der Waals surface area contributed by atoms with E-state index in [0.29, 0.717) is 5.02 Å². The number of carbonyl (C=O) groups is 1. The van der Waals surface area contributed by atoms with E-state index in [1.54, 1.807) is 6.20 Å². The van der Waals surface area contributed by atoms with Crippen LogP contribution in [0.4, 0.5) is 0 Å². The van der Waals surface area contributed by atoms with Gasteiger partial charge >= 0.3 is 5.97 Å². The Morgan fingerprint density at radius 3 is 2.36 bits per heavy atom. The molecule has 0 spiro atoms. The molecule has 1 N–H and O–H groups in total. The van der Waals surface area contributed by atoms with Gasteiger partial charge in [0, 0.05) is 11.2 Å². The molecule has 5 heteroatoms. The van der Waals surface area contributed by atoms with Crippen LogP contribution in [0.15, 0.2) is 47.4 Å². The van der Waals surface area contributed by atoms with Crippen molar-refractivity contribution in [2.75, 3.05) is 0 Å². The number of nitrogens with zero attached hydrogens (tertiary/aromatic N) is 1. The van der Waals surface area contributed by atoms with Crippen molar-refractivity contribution >= 4 is 23.1 Å².